The lowest BCUT2D eigenvalue weighted by molar-refractivity contribution is -0.139. The first-order chi connectivity index (χ1) is 9.38. The molecule has 1 aromatic carbocycles. The highest BCUT2D eigenvalue weighted by molar-refractivity contribution is 5.80. The molecule has 2 atom stereocenters. The molecule has 2 unspecified atom stereocenters. The molecule has 0 aromatic heterocycles. The Bertz CT molecular complexity index is 599. The van der Waals surface area contributed by atoms with E-state index in [2.05, 4.69) is 0 Å². The fourth-order valence-electron chi connectivity index (χ4n) is 3.48. The lowest BCUT2D eigenvalue weighted by Crippen LogP contribution is -2.56. The number of ether oxygens (including phenoxy) is 1. The van der Waals surface area contributed by atoms with Crippen LogP contribution in [0.25, 0.3) is 0 Å². The zero-order chi connectivity index (χ0) is 14.5. The first kappa shape index (κ1) is 13.0. The highest BCUT2D eigenvalue weighted by atomic mass is 16.6. The smallest absolute Gasteiger partial charge is 0.411 e. The quantitative estimate of drug-likeness (QED) is 0.898. The van der Waals surface area contributed by atoms with Crippen LogP contribution in [0.3, 0.4) is 0 Å². The third kappa shape index (κ3) is 1.49. The Balaban J connectivity index is 2.18. The van der Waals surface area contributed by atoms with Crippen molar-refractivity contribution >= 4 is 12.1 Å². The van der Waals surface area contributed by atoms with Crippen molar-refractivity contribution in [1.82, 2.24) is 4.90 Å². The lowest BCUT2D eigenvalue weighted by atomic mass is 9.67. The normalized spacial score (nSPS) is 31.5. The molecule has 1 aliphatic heterocycles. The number of carboxylic acid groups (broad SMARTS) is 1. The van der Waals surface area contributed by atoms with Crippen LogP contribution in [-0.4, -0.2) is 34.2 Å². The van der Waals surface area contributed by atoms with Crippen molar-refractivity contribution in [3.8, 4) is 0 Å². The molecule has 1 fully saturated rings. The Morgan fingerprint density at radius 2 is 2.10 bits per heavy atom. The minimum atomic E-state index is -1.03. The maximum Gasteiger partial charge on any atom is 0.411 e. The molecule has 3 rings (SSSR count). The summed E-state index contributed by atoms with van der Waals surface area (Å²) in [4.78, 5) is 24.6. The molecule has 1 heterocycles. The largest absolute Gasteiger partial charge is 0.480 e. The number of hydrogen-bond donors (Lipinski definition) is 1. The van der Waals surface area contributed by atoms with E-state index >= 15 is 0 Å². The summed E-state index contributed by atoms with van der Waals surface area (Å²) < 4.78 is 5.55. The second kappa shape index (κ2) is 3.98. The number of aliphatic carboxylic acids is 1. The number of benzene rings is 1. The van der Waals surface area contributed by atoms with Gasteiger partial charge in [-0.25, -0.2) is 4.79 Å². The summed E-state index contributed by atoms with van der Waals surface area (Å²) in [6.45, 7) is 3.45. The summed E-state index contributed by atoms with van der Waals surface area (Å²) in [6.07, 6.45) is 0.979. The van der Waals surface area contributed by atoms with Crippen molar-refractivity contribution in [1.29, 1.82) is 0 Å². The summed E-state index contributed by atoms with van der Waals surface area (Å²) in [7, 11) is 0. The van der Waals surface area contributed by atoms with Gasteiger partial charge in [0.25, 0.3) is 0 Å². The maximum absolute atomic E-state index is 12.1. The Hall–Kier alpha value is -2.04. The molecule has 1 N–H and O–H groups in total. The summed E-state index contributed by atoms with van der Waals surface area (Å²) in [5.41, 5.74) is 0.715. The maximum atomic E-state index is 12.1. The van der Waals surface area contributed by atoms with Crippen molar-refractivity contribution in [2.45, 2.75) is 37.8 Å². The van der Waals surface area contributed by atoms with Gasteiger partial charge in [-0.1, -0.05) is 24.3 Å². The topological polar surface area (TPSA) is 66.8 Å². The molecule has 1 aromatic rings. The lowest BCUT2D eigenvalue weighted by Gasteiger charge is -2.46. The van der Waals surface area contributed by atoms with Crippen LogP contribution in [0.5, 0.6) is 0 Å². The number of rotatable bonds is 2. The van der Waals surface area contributed by atoms with E-state index in [0.29, 0.717) is 6.42 Å². The van der Waals surface area contributed by atoms with Gasteiger partial charge < -0.3 is 9.84 Å². The molecule has 5 nitrogen and oxygen atoms in total. The Morgan fingerprint density at radius 1 is 1.40 bits per heavy atom. The number of hydrogen-bond acceptors (Lipinski definition) is 3. The van der Waals surface area contributed by atoms with E-state index in [1.807, 2.05) is 38.1 Å². The van der Waals surface area contributed by atoms with E-state index in [1.165, 1.54) is 4.90 Å². The predicted octanol–water partition coefficient (Wildman–Crippen LogP) is 2.14. The van der Waals surface area contributed by atoms with Crippen molar-refractivity contribution < 1.29 is 19.4 Å². The molecule has 0 saturated carbocycles. The summed E-state index contributed by atoms with van der Waals surface area (Å²) in [5, 5.41) is 9.08. The van der Waals surface area contributed by atoms with Crippen LogP contribution >= 0.6 is 0 Å². The van der Waals surface area contributed by atoms with E-state index in [9.17, 15) is 9.59 Å². The Morgan fingerprint density at radius 3 is 2.80 bits per heavy atom. The average molecular weight is 275 g/mol. The zero-order valence-electron chi connectivity index (χ0n) is 11.5. The highest BCUT2D eigenvalue weighted by Gasteiger charge is 2.62. The molecule has 20 heavy (non-hydrogen) atoms. The molecule has 2 aliphatic rings. The number of fused-ring (bicyclic) bond motifs is 3. The molecule has 1 amide bonds. The van der Waals surface area contributed by atoms with E-state index in [4.69, 9.17) is 9.84 Å². The first-order valence-corrected chi connectivity index (χ1v) is 6.69. The van der Waals surface area contributed by atoms with Crippen LogP contribution in [0.15, 0.2) is 24.3 Å². The number of carbonyl (C=O) groups is 2. The molecule has 1 saturated heterocycles. The SMILES string of the molecule is CC12CCc3ccccc3C1(C)N(CC(=O)O)C(=O)O2. The van der Waals surface area contributed by atoms with Gasteiger partial charge in [-0.3, -0.25) is 9.69 Å². The van der Waals surface area contributed by atoms with Gasteiger partial charge in [0.05, 0.1) is 0 Å². The predicted molar refractivity (Wildman–Crippen MR) is 71.3 cm³/mol. The molecule has 1 aliphatic carbocycles. The van der Waals surface area contributed by atoms with Crippen molar-refractivity contribution in [3.05, 3.63) is 35.4 Å². The molecular weight excluding hydrogens is 258 g/mol. The second-order valence-corrected chi connectivity index (χ2v) is 5.81. The number of carbonyl (C=O) groups excluding carboxylic acids is 1. The molecule has 0 radical (unpaired) electrons. The van der Waals surface area contributed by atoms with Crippen LogP contribution < -0.4 is 0 Å². The number of carboxylic acids is 1. The third-order valence-corrected chi connectivity index (χ3v) is 4.81. The minimum Gasteiger partial charge on any atom is -0.480 e. The van der Waals surface area contributed by atoms with Gasteiger partial charge >= 0.3 is 12.1 Å². The van der Waals surface area contributed by atoms with Gasteiger partial charge in [-0.05, 0) is 37.8 Å². The number of nitrogens with zero attached hydrogens (tertiary/aromatic N) is 1. The van der Waals surface area contributed by atoms with Crippen molar-refractivity contribution in [3.63, 3.8) is 0 Å². The molecular formula is C15H17NO4. The standard InChI is InChI=1S/C15H17NO4/c1-14-8-7-10-5-3-4-6-11(10)15(14,2)16(9-12(17)18)13(19)20-14/h3-6H,7-9H2,1-2H3,(H,17,18). The molecule has 0 spiro atoms. The van der Waals surface area contributed by atoms with E-state index < -0.39 is 23.2 Å². The number of amides is 1. The minimum absolute atomic E-state index is 0.348. The van der Waals surface area contributed by atoms with Gasteiger partial charge in [0, 0.05) is 0 Å². The zero-order valence-corrected chi connectivity index (χ0v) is 11.5. The average Bonchev–Trinajstić information content (AvgIpc) is 2.59. The highest BCUT2D eigenvalue weighted by Crippen LogP contribution is 2.52. The van der Waals surface area contributed by atoms with E-state index in [1.54, 1.807) is 0 Å². The van der Waals surface area contributed by atoms with E-state index in [-0.39, 0.29) is 6.54 Å². The van der Waals surface area contributed by atoms with Gasteiger partial charge in [0.15, 0.2) is 0 Å². The van der Waals surface area contributed by atoms with Gasteiger partial charge in [-0.2, -0.15) is 0 Å². The van der Waals surface area contributed by atoms with Crippen LogP contribution in [0, 0.1) is 0 Å². The van der Waals surface area contributed by atoms with Crippen molar-refractivity contribution in [2.75, 3.05) is 6.54 Å². The van der Waals surface area contributed by atoms with Gasteiger partial charge in [0.1, 0.15) is 17.7 Å². The summed E-state index contributed by atoms with van der Waals surface area (Å²) in [6, 6.07) is 7.87. The number of aryl methyl sites for hydroxylation is 1. The van der Waals surface area contributed by atoms with Crippen LogP contribution in [0.4, 0.5) is 4.79 Å². The van der Waals surface area contributed by atoms with E-state index in [0.717, 1.165) is 17.5 Å². The summed E-state index contributed by atoms with van der Waals surface area (Å²) >= 11 is 0. The third-order valence-electron chi connectivity index (χ3n) is 4.81. The van der Waals surface area contributed by atoms with Gasteiger partial charge in [-0.15, -0.1) is 0 Å². The van der Waals surface area contributed by atoms with Crippen LogP contribution in [-0.2, 0) is 21.5 Å². The summed E-state index contributed by atoms with van der Waals surface area (Å²) in [5.74, 6) is -1.03. The first-order valence-electron chi connectivity index (χ1n) is 6.69. The Kier molecular flexibility index (Phi) is 2.58. The molecule has 106 valence electrons. The fourth-order valence-corrected chi connectivity index (χ4v) is 3.48. The van der Waals surface area contributed by atoms with Crippen molar-refractivity contribution in [2.24, 2.45) is 0 Å². The van der Waals surface area contributed by atoms with Crippen LogP contribution in [0.2, 0.25) is 0 Å². The molecule has 5 heteroatoms. The Labute approximate surface area is 117 Å². The fraction of sp³-hybridized carbons (Fsp3) is 0.467. The van der Waals surface area contributed by atoms with Crippen LogP contribution in [0.1, 0.15) is 31.4 Å². The molecule has 0 bridgehead atoms. The monoisotopic (exact) mass is 275 g/mol. The van der Waals surface area contributed by atoms with Gasteiger partial charge in [0.2, 0.25) is 0 Å². The second-order valence-electron chi connectivity index (χ2n) is 5.81.